The lowest BCUT2D eigenvalue weighted by Crippen LogP contribution is -2.50. The van der Waals surface area contributed by atoms with Crippen molar-refractivity contribution in [3.63, 3.8) is 0 Å². The molecule has 140 valence electrons. The first-order valence-electron chi connectivity index (χ1n) is 8.62. The van der Waals surface area contributed by atoms with Crippen LogP contribution < -0.4 is 0 Å². The van der Waals surface area contributed by atoms with Gasteiger partial charge in [-0.05, 0) is 41.5 Å². The number of carbonyl (C=O) groups is 2. The molecular weight excluding hydrogens is 340 g/mol. The molecule has 0 radical (unpaired) electrons. The van der Waals surface area contributed by atoms with Gasteiger partial charge in [-0.25, -0.2) is 0 Å². The van der Waals surface area contributed by atoms with Crippen molar-refractivity contribution in [2.24, 2.45) is 0 Å². The number of carbonyl (C=O) groups excluding carboxylic acids is 2. The highest BCUT2D eigenvalue weighted by molar-refractivity contribution is 8.07. The Hall–Kier alpha value is -0.360. The van der Waals surface area contributed by atoms with Crippen LogP contribution in [0.5, 0.6) is 0 Å². The minimum Gasteiger partial charge on any atom is -0.337 e. The fourth-order valence-corrected chi connectivity index (χ4v) is 5.89. The molecule has 0 spiro atoms. The minimum atomic E-state index is -0.133. The van der Waals surface area contributed by atoms with E-state index in [0.717, 1.165) is 24.6 Å². The van der Waals surface area contributed by atoms with E-state index in [9.17, 15) is 9.59 Å². The van der Waals surface area contributed by atoms with Crippen molar-refractivity contribution in [3.8, 4) is 0 Å². The standard InChI is InChI=1S/C18H34N2O2S2/c1-13(21)19(17(3,4)5)9-15-11-24-16(12-23-15)10-20(14(2)22)18(6,7)8/h15-16H,9-12H2,1-8H3. The highest BCUT2D eigenvalue weighted by atomic mass is 32.2. The van der Waals surface area contributed by atoms with Crippen molar-refractivity contribution < 1.29 is 9.59 Å². The van der Waals surface area contributed by atoms with E-state index in [1.54, 1.807) is 13.8 Å². The number of thioether (sulfide) groups is 2. The molecule has 6 heteroatoms. The first kappa shape index (κ1) is 21.7. The third-order valence-corrected chi connectivity index (χ3v) is 7.37. The predicted molar refractivity (Wildman–Crippen MR) is 107 cm³/mol. The molecule has 1 fully saturated rings. The fourth-order valence-electron chi connectivity index (χ4n) is 2.95. The third-order valence-electron chi connectivity index (χ3n) is 4.19. The average molecular weight is 375 g/mol. The van der Waals surface area contributed by atoms with Crippen LogP contribution >= 0.6 is 23.5 Å². The molecule has 0 aromatic heterocycles. The Morgan fingerprint density at radius 3 is 1.25 bits per heavy atom. The van der Waals surface area contributed by atoms with Crippen LogP contribution in [-0.2, 0) is 9.59 Å². The van der Waals surface area contributed by atoms with E-state index in [4.69, 9.17) is 0 Å². The molecule has 2 atom stereocenters. The summed E-state index contributed by atoms with van der Waals surface area (Å²) in [6.07, 6.45) is 0. The van der Waals surface area contributed by atoms with E-state index in [1.165, 1.54) is 0 Å². The zero-order valence-electron chi connectivity index (χ0n) is 16.5. The van der Waals surface area contributed by atoms with Gasteiger partial charge in [-0.1, -0.05) is 0 Å². The Balaban J connectivity index is 2.57. The quantitative estimate of drug-likeness (QED) is 0.755. The molecule has 0 aliphatic carbocycles. The van der Waals surface area contributed by atoms with Crippen LogP contribution in [-0.4, -0.2) is 67.8 Å². The Morgan fingerprint density at radius 1 is 0.792 bits per heavy atom. The Morgan fingerprint density at radius 2 is 1.08 bits per heavy atom. The molecule has 1 saturated heterocycles. The van der Waals surface area contributed by atoms with E-state index in [-0.39, 0.29) is 22.9 Å². The molecule has 0 saturated carbocycles. The van der Waals surface area contributed by atoms with Gasteiger partial charge in [0, 0.05) is 60.0 Å². The van der Waals surface area contributed by atoms with Crippen LogP contribution in [0.1, 0.15) is 55.4 Å². The highest BCUT2D eigenvalue weighted by Gasteiger charge is 2.32. The van der Waals surface area contributed by atoms with Gasteiger partial charge in [-0.3, -0.25) is 9.59 Å². The first-order valence-corrected chi connectivity index (χ1v) is 10.7. The van der Waals surface area contributed by atoms with Crippen LogP contribution in [0.25, 0.3) is 0 Å². The van der Waals surface area contributed by atoms with Gasteiger partial charge in [-0.15, -0.1) is 0 Å². The van der Waals surface area contributed by atoms with Gasteiger partial charge < -0.3 is 9.80 Å². The molecule has 1 heterocycles. The van der Waals surface area contributed by atoms with Crippen molar-refractivity contribution in [2.45, 2.75) is 77.0 Å². The van der Waals surface area contributed by atoms with Gasteiger partial charge in [0.05, 0.1) is 0 Å². The summed E-state index contributed by atoms with van der Waals surface area (Å²) in [7, 11) is 0. The van der Waals surface area contributed by atoms with Crippen LogP contribution in [0.3, 0.4) is 0 Å². The SMILES string of the molecule is CC(=O)N(CC1CSC(CN(C(C)=O)C(C)(C)C)CS1)C(C)(C)C. The average Bonchev–Trinajstić information content (AvgIpc) is 2.40. The smallest absolute Gasteiger partial charge is 0.219 e. The maximum atomic E-state index is 11.9. The molecule has 0 N–H and O–H groups in total. The number of nitrogens with zero attached hydrogens (tertiary/aromatic N) is 2. The van der Waals surface area contributed by atoms with E-state index < -0.39 is 0 Å². The van der Waals surface area contributed by atoms with Crippen molar-refractivity contribution in [2.75, 3.05) is 24.6 Å². The van der Waals surface area contributed by atoms with E-state index >= 15 is 0 Å². The van der Waals surface area contributed by atoms with Crippen molar-refractivity contribution in [1.29, 1.82) is 0 Å². The minimum absolute atomic E-state index is 0.133. The summed E-state index contributed by atoms with van der Waals surface area (Å²) < 4.78 is 0. The zero-order valence-corrected chi connectivity index (χ0v) is 18.1. The molecule has 24 heavy (non-hydrogen) atoms. The van der Waals surface area contributed by atoms with Crippen LogP contribution in [0.2, 0.25) is 0 Å². The van der Waals surface area contributed by atoms with Crippen molar-refractivity contribution in [3.05, 3.63) is 0 Å². The maximum Gasteiger partial charge on any atom is 0.219 e. The lowest BCUT2D eigenvalue weighted by atomic mass is 10.1. The number of hydrogen-bond acceptors (Lipinski definition) is 4. The van der Waals surface area contributed by atoms with Gasteiger partial charge >= 0.3 is 0 Å². The zero-order chi connectivity index (χ0) is 18.7. The summed E-state index contributed by atoms with van der Waals surface area (Å²) in [6.45, 7) is 17.5. The Labute approximate surface area is 156 Å². The summed E-state index contributed by atoms with van der Waals surface area (Å²) in [4.78, 5) is 27.8. The molecule has 0 aromatic carbocycles. The van der Waals surface area contributed by atoms with Gasteiger partial charge in [0.15, 0.2) is 0 Å². The van der Waals surface area contributed by atoms with E-state index in [0.29, 0.717) is 10.5 Å². The molecule has 1 aliphatic rings. The summed E-state index contributed by atoms with van der Waals surface area (Å²) in [5.41, 5.74) is -0.267. The Kier molecular flexibility index (Phi) is 7.54. The van der Waals surface area contributed by atoms with Gasteiger partial charge in [0.2, 0.25) is 11.8 Å². The second kappa shape index (κ2) is 8.35. The second-order valence-corrected chi connectivity index (χ2v) is 11.2. The van der Waals surface area contributed by atoms with Crippen molar-refractivity contribution in [1.82, 2.24) is 9.80 Å². The molecule has 4 nitrogen and oxygen atoms in total. The molecule has 2 amide bonds. The van der Waals surface area contributed by atoms with Crippen molar-refractivity contribution >= 4 is 35.3 Å². The predicted octanol–water partition coefficient (Wildman–Crippen LogP) is 3.50. The normalized spacial score (nSPS) is 22.2. The molecular formula is C18H34N2O2S2. The summed E-state index contributed by atoms with van der Waals surface area (Å²) in [5.74, 6) is 2.35. The fraction of sp³-hybridized carbons (Fsp3) is 0.889. The molecule has 2 unspecified atom stereocenters. The molecule has 1 rings (SSSR count). The van der Waals surface area contributed by atoms with E-state index in [2.05, 4.69) is 41.5 Å². The highest BCUT2D eigenvalue weighted by Crippen LogP contribution is 2.33. The largest absolute Gasteiger partial charge is 0.337 e. The second-order valence-electron chi connectivity index (χ2n) is 8.51. The Bertz CT molecular complexity index is 405. The number of amides is 2. The number of hydrogen-bond donors (Lipinski definition) is 0. The third kappa shape index (κ3) is 6.51. The lowest BCUT2D eigenvalue weighted by Gasteiger charge is -2.41. The van der Waals surface area contributed by atoms with Gasteiger partial charge in [-0.2, -0.15) is 23.5 Å². The monoisotopic (exact) mass is 374 g/mol. The summed E-state index contributed by atoms with van der Waals surface area (Å²) >= 11 is 3.89. The van der Waals surface area contributed by atoms with Crippen LogP contribution in [0, 0.1) is 0 Å². The molecule has 1 aliphatic heterocycles. The molecule has 0 aromatic rings. The number of rotatable bonds is 4. The van der Waals surface area contributed by atoms with E-state index in [1.807, 2.05) is 33.3 Å². The molecule has 0 bridgehead atoms. The van der Waals surface area contributed by atoms with Gasteiger partial charge in [0.1, 0.15) is 0 Å². The topological polar surface area (TPSA) is 40.6 Å². The summed E-state index contributed by atoms with van der Waals surface area (Å²) in [6, 6.07) is 0. The first-order chi connectivity index (χ1) is 10.8. The van der Waals surface area contributed by atoms with Crippen LogP contribution in [0.4, 0.5) is 0 Å². The van der Waals surface area contributed by atoms with Crippen LogP contribution in [0.15, 0.2) is 0 Å². The summed E-state index contributed by atoms with van der Waals surface area (Å²) in [5, 5.41) is 0.935. The maximum absolute atomic E-state index is 11.9. The lowest BCUT2D eigenvalue weighted by molar-refractivity contribution is -0.134. The van der Waals surface area contributed by atoms with Gasteiger partial charge in [0.25, 0.3) is 0 Å².